The summed E-state index contributed by atoms with van der Waals surface area (Å²) < 4.78 is 1.75. The van der Waals surface area contributed by atoms with Crippen LogP contribution >= 0.6 is 0 Å². The van der Waals surface area contributed by atoms with E-state index in [1.165, 1.54) is 0 Å². The summed E-state index contributed by atoms with van der Waals surface area (Å²) >= 11 is 0. The summed E-state index contributed by atoms with van der Waals surface area (Å²) in [7, 11) is 0. The van der Waals surface area contributed by atoms with Crippen LogP contribution in [0.3, 0.4) is 0 Å². The van der Waals surface area contributed by atoms with Crippen molar-refractivity contribution in [2.45, 2.75) is 32.7 Å². The van der Waals surface area contributed by atoms with E-state index in [4.69, 9.17) is 5.26 Å². The van der Waals surface area contributed by atoms with Gasteiger partial charge >= 0.3 is 0 Å². The Morgan fingerprint density at radius 1 is 1.16 bits per heavy atom. The predicted octanol–water partition coefficient (Wildman–Crippen LogP) is 3.77. The maximum atomic E-state index is 12.4. The van der Waals surface area contributed by atoms with Crippen molar-refractivity contribution >= 4 is 22.7 Å². The first-order valence-corrected chi connectivity index (χ1v) is 8.31. The highest BCUT2D eigenvalue weighted by atomic mass is 16.1. The zero-order valence-electron chi connectivity index (χ0n) is 14.2. The molecule has 0 aliphatic heterocycles. The van der Waals surface area contributed by atoms with Crippen molar-refractivity contribution in [2.24, 2.45) is 0 Å². The number of benzene rings is 1. The smallest absolute Gasteiger partial charge is 0.252 e. The molecule has 0 spiro atoms. The first kappa shape index (κ1) is 16.7. The summed E-state index contributed by atoms with van der Waals surface area (Å²) in [6, 6.07) is 12.6. The van der Waals surface area contributed by atoms with E-state index < -0.39 is 0 Å². The van der Waals surface area contributed by atoms with Crippen molar-refractivity contribution in [2.75, 3.05) is 5.32 Å². The lowest BCUT2D eigenvalue weighted by Gasteiger charge is -2.18. The third-order valence-corrected chi connectivity index (χ3v) is 4.24. The number of nitrogens with zero attached hydrogens (tertiary/aromatic N) is 4. The van der Waals surface area contributed by atoms with Gasteiger partial charge in [0.05, 0.1) is 11.6 Å². The topological polar surface area (TPSA) is 83.6 Å². The Hall–Kier alpha value is -3.20. The number of fused-ring (bicyclic) bond motifs is 1. The molecule has 0 unspecified atom stereocenters. The van der Waals surface area contributed by atoms with Crippen LogP contribution in [0, 0.1) is 11.3 Å². The highest BCUT2D eigenvalue weighted by Gasteiger charge is 2.13. The fourth-order valence-electron chi connectivity index (χ4n) is 2.86. The molecule has 25 heavy (non-hydrogen) atoms. The number of pyridine rings is 1. The van der Waals surface area contributed by atoms with Crippen molar-refractivity contribution in [1.82, 2.24) is 14.5 Å². The summed E-state index contributed by atoms with van der Waals surface area (Å²) in [4.78, 5) is 21.3. The standard InChI is InChI=1S/C19H19N5O/c1-3-16(4-2)24-17(25)10-7-14-12-21-19(23-18(14)24)22-15-8-5-13(11-20)6-9-15/h5-10,12,16H,3-4H2,1-2H3,(H,21,22,23). The average molecular weight is 333 g/mol. The van der Waals surface area contributed by atoms with Crippen molar-refractivity contribution in [1.29, 1.82) is 5.26 Å². The molecule has 3 aromatic rings. The summed E-state index contributed by atoms with van der Waals surface area (Å²) in [5.41, 5.74) is 1.95. The molecule has 0 atom stereocenters. The largest absolute Gasteiger partial charge is 0.324 e. The van der Waals surface area contributed by atoms with Crippen molar-refractivity contribution in [3.05, 3.63) is 58.5 Å². The van der Waals surface area contributed by atoms with Crippen molar-refractivity contribution in [3.8, 4) is 6.07 Å². The monoisotopic (exact) mass is 333 g/mol. The first-order chi connectivity index (χ1) is 12.2. The van der Waals surface area contributed by atoms with E-state index in [1.807, 2.05) is 0 Å². The van der Waals surface area contributed by atoms with Crippen LogP contribution < -0.4 is 10.9 Å². The normalized spacial score (nSPS) is 10.8. The Morgan fingerprint density at radius 3 is 2.52 bits per heavy atom. The molecule has 0 bridgehead atoms. The molecule has 0 saturated heterocycles. The van der Waals surface area contributed by atoms with E-state index in [-0.39, 0.29) is 11.6 Å². The molecule has 0 amide bonds. The second-order valence-electron chi connectivity index (χ2n) is 5.80. The Labute approximate surface area is 145 Å². The second-order valence-corrected chi connectivity index (χ2v) is 5.80. The van der Waals surface area contributed by atoms with E-state index in [0.717, 1.165) is 23.9 Å². The lowest BCUT2D eigenvalue weighted by atomic mass is 10.1. The maximum absolute atomic E-state index is 12.4. The fraction of sp³-hybridized carbons (Fsp3) is 0.263. The minimum Gasteiger partial charge on any atom is -0.324 e. The third kappa shape index (κ3) is 3.36. The zero-order valence-corrected chi connectivity index (χ0v) is 14.2. The number of hydrogen-bond donors (Lipinski definition) is 1. The molecule has 3 rings (SSSR count). The van der Waals surface area contributed by atoms with Gasteiger partial charge in [-0.1, -0.05) is 13.8 Å². The molecule has 0 aliphatic rings. The lowest BCUT2D eigenvalue weighted by Crippen LogP contribution is -2.24. The average Bonchev–Trinajstić information content (AvgIpc) is 2.65. The number of aromatic nitrogens is 3. The number of rotatable bonds is 5. The van der Waals surface area contributed by atoms with Gasteiger partial charge in [-0.05, 0) is 43.2 Å². The van der Waals surface area contributed by atoms with Crippen molar-refractivity contribution in [3.63, 3.8) is 0 Å². The van der Waals surface area contributed by atoms with E-state index in [2.05, 4.69) is 35.2 Å². The van der Waals surface area contributed by atoms with E-state index in [0.29, 0.717) is 17.2 Å². The summed E-state index contributed by atoms with van der Waals surface area (Å²) in [6.45, 7) is 4.13. The number of hydrogen-bond acceptors (Lipinski definition) is 5. The van der Waals surface area contributed by atoms with Gasteiger partial charge in [0.2, 0.25) is 5.95 Å². The molecule has 0 aliphatic carbocycles. The SMILES string of the molecule is CCC(CC)n1c(=O)ccc2cnc(Nc3ccc(C#N)cc3)nc21. The van der Waals surface area contributed by atoms with Gasteiger partial charge in [0.1, 0.15) is 5.65 Å². The van der Waals surface area contributed by atoms with E-state index in [9.17, 15) is 4.79 Å². The van der Waals surface area contributed by atoms with E-state index in [1.54, 1.807) is 47.2 Å². The Morgan fingerprint density at radius 2 is 1.88 bits per heavy atom. The molecule has 0 fully saturated rings. The molecule has 2 heterocycles. The highest BCUT2D eigenvalue weighted by molar-refractivity contribution is 5.75. The van der Waals surface area contributed by atoms with Gasteiger partial charge < -0.3 is 5.32 Å². The van der Waals surface area contributed by atoms with Gasteiger partial charge in [-0.25, -0.2) is 4.98 Å². The maximum Gasteiger partial charge on any atom is 0.252 e. The van der Waals surface area contributed by atoms with Gasteiger partial charge in [0.15, 0.2) is 0 Å². The number of nitrogens with one attached hydrogen (secondary N) is 1. The van der Waals surface area contributed by atoms with Gasteiger partial charge in [-0.15, -0.1) is 0 Å². The van der Waals surface area contributed by atoms with Crippen LogP contribution in [0.15, 0.2) is 47.4 Å². The molecule has 2 aromatic heterocycles. The molecule has 6 nitrogen and oxygen atoms in total. The van der Waals surface area contributed by atoms with Gasteiger partial charge in [0, 0.05) is 29.4 Å². The van der Waals surface area contributed by atoms with Crippen LogP contribution in [-0.4, -0.2) is 14.5 Å². The lowest BCUT2D eigenvalue weighted by molar-refractivity contribution is 0.470. The Balaban J connectivity index is 2.04. The molecule has 1 N–H and O–H groups in total. The van der Waals surface area contributed by atoms with Crippen LogP contribution in [0.25, 0.3) is 11.0 Å². The third-order valence-electron chi connectivity index (χ3n) is 4.24. The van der Waals surface area contributed by atoms with Crippen molar-refractivity contribution < 1.29 is 0 Å². The molecular weight excluding hydrogens is 314 g/mol. The van der Waals surface area contributed by atoms with Crippen LogP contribution in [0.2, 0.25) is 0 Å². The first-order valence-electron chi connectivity index (χ1n) is 8.31. The summed E-state index contributed by atoms with van der Waals surface area (Å²) in [5, 5.41) is 12.8. The number of anilines is 2. The summed E-state index contributed by atoms with van der Waals surface area (Å²) in [5.74, 6) is 0.419. The van der Waals surface area contributed by atoms with E-state index >= 15 is 0 Å². The second kappa shape index (κ2) is 7.14. The van der Waals surface area contributed by atoms with Gasteiger partial charge in [-0.3, -0.25) is 9.36 Å². The van der Waals surface area contributed by atoms with Crippen LogP contribution in [0.5, 0.6) is 0 Å². The summed E-state index contributed by atoms with van der Waals surface area (Å²) in [6.07, 6.45) is 3.43. The van der Waals surface area contributed by atoms with Crippen LogP contribution in [-0.2, 0) is 0 Å². The van der Waals surface area contributed by atoms with Gasteiger partial charge in [0.25, 0.3) is 5.56 Å². The molecule has 0 saturated carbocycles. The van der Waals surface area contributed by atoms with Gasteiger partial charge in [-0.2, -0.15) is 10.2 Å². The Bertz CT molecular complexity index is 981. The predicted molar refractivity (Wildman–Crippen MR) is 97.9 cm³/mol. The number of nitriles is 1. The zero-order chi connectivity index (χ0) is 17.8. The molecule has 6 heteroatoms. The Kier molecular flexibility index (Phi) is 4.75. The minimum absolute atomic E-state index is 0.0516. The molecule has 1 aromatic carbocycles. The molecular formula is C19H19N5O. The minimum atomic E-state index is -0.0516. The molecule has 0 radical (unpaired) electrons. The fourth-order valence-corrected chi connectivity index (χ4v) is 2.86. The van der Waals surface area contributed by atoms with Crippen LogP contribution in [0.4, 0.5) is 11.6 Å². The quantitative estimate of drug-likeness (QED) is 0.768. The highest BCUT2D eigenvalue weighted by Crippen LogP contribution is 2.21. The molecule has 126 valence electrons. The van der Waals surface area contributed by atoms with Crippen LogP contribution in [0.1, 0.15) is 38.3 Å².